The van der Waals surface area contributed by atoms with E-state index in [0.717, 1.165) is 50.4 Å². The number of nitrogens with two attached hydrogens (primary N) is 1. The van der Waals surface area contributed by atoms with Gasteiger partial charge in [0.15, 0.2) is 0 Å². The first-order chi connectivity index (χ1) is 10.4. The SMILES string of the molecule is NCC1CCCCC1CN1CCN(c2ccccn2)CC1. The van der Waals surface area contributed by atoms with E-state index in [9.17, 15) is 0 Å². The van der Waals surface area contributed by atoms with Gasteiger partial charge in [-0.2, -0.15) is 0 Å². The van der Waals surface area contributed by atoms with Crippen LogP contribution in [0, 0.1) is 11.8 Å². The largest absolute Gasteiger partial charge is 0.354 e. The van der Waals surface area contributed by atoms with Crippen LogP contribution in [0.4, 0.5) is 5.82 Å². The van der Waals surface area contributed by atoms with Gasteiger partial charge < -0.3 is 10.6 Å². The second-order valence-electron chi connectivity index (χ2n) is 6.52. The van der Waals surface area contributed by atoms with Crippen molar-refractivity contribution in [1.82, 2.24) is 9.88 Å². The molecule has 4 nitrogen and oxygen atoms in total. The highest BCUT2D eigenvalue weighted by Gasteiger charge is 2.27. The molecular formula is C17H28N4. The summed E-state index contributed by atoms with van der Waals surface area (Å²) in [5, 5.41) is 0. The van der Waals surface area contributed by atoms with Crippen molar-refractivity contribution in [2.75, 3.05) is 44.2 Å². The van der Waals surface area contributed by atoms with E-state index >= 15 is 0 Å². The van der Waals surface area contributed by atoms with Gasteiger partial charge in [-0.15, -0.1) is 0 Å². The molecule has 3 rings (SSSR count). The zero-order chi connectivity index (χ0) is 14.5. The minimum Gasteiger partial charge on any atom is -0.354 e. The highest BCUT2D eigenvalue weighted by Crippen LogP contribution is 2.30. The minimum absolute atomic E-state index is 0.757. The van der Waals surface area contributed by atoms with Crippen LogP contribution in [0.1, 0.15) is 25.7 Å². The van der Waals surface area contributed by atoms with Crippen molar-refractivity contribution in [3.63, 3.8) is 0 Å². The average Bonchev–Trinajstić information content (AvgIpc) is 2.57. The molecule has 4 heteroatoms. The summed E-state index contributed by atoms with van der Waals surface area (Å²) < 4.78 is 0. The van der Waals surface area contributed by atoms with Gasteiger partial charge in [0, 0.05) is 38.9 Å². The van der Waals surface area contributed by atoms with E-state index in [1.165, 1.54) is 32.2 Å². The number of anilines is 1. The highest BCUT2D eigenvalue weighted by molar-refractivity contribution is 5.38. The van der Waals surface area contributed by atoms with Gasteiger partial charge >= 0.3 is 0 Å². The molecule has 1 aliphatic heterocycles. The summed E-state index contributed by atoms with van der Waals surface area (Å²) in [6.07, 6.45) is 7.38. The molecule has 1 saturated heterocycles. The number of nitrogens with zero attached hydrogens (tertiary/aromatic N) is 3. The van der Waals surface area contributed by atoms with Crippen LogP contribution in [0.3, 0.4) is 0 Å². The number of piperazine rings is 1. The fraction of sp³-hybridized carbons (Fsp3) is 0.706. The Kier molecular flexibility index (Phi) is 5.09. The minimum atomic E-state index is 0.757. The Bertz CT molecular complexity index is 414. The van der Waals surface area contributed by atoms with Crippen molar-refractivity contribution in [2.45, 2.75) is 25.7 Å². The van der Waals surface area contributed by atoms with Gasteiger partial charge in [0.05, 0.1) is 0 Å². The molecule has 0 aromatic carbocycles. The van der Waals surface area contributed by atoms with Gasteiger partial charge in [0.2, 0.25) is 0 Å². The molecule has 2 heterocycles. The van der Waals surface area contributed by atoms with Crippen LogP contribution in [0.25, 0.3) is 0 Å². The molecular weight excluding hydrogens is 260 g/mol. The monoisotopic (exact) mass is 288 g/mol. The fourth-order valence-corrected chi connectivity index (χ4v) is 3.87. The lowest BCUT2D eigenvalue weighted by atomic mass is 9.79. The van der Waals surface area contributed by atoms with Crippen LogP contribution < -0.4 is 10.6 Å². The van der Waals surface area contributed by atoms with Gasteiger partial charge in [-0.3, -0.25) is 4.90 Å². The quantitative estimate of drug-likeness (QED) is 0.920. The maximum atomic E-state index is 5.96. The van der Waals surface area contributed by atoms with Crippen molar-refractivity contribution in [3.05, 3.63) is 24.4 Å². The maximum Gasteiger partial charge on any atom is 0.128 e. The van der Waals surface area contributed by atoms with Crippen LogP contribution in [-0.4, -0.2) is 49.2 Å². The van der Waals surface area contributed by atoms with Gasteiger partial charge in [-0.05, 0) is 43.4 Å². The Balaban J connectivity index is 1.49. The zero-order valence-electron chi connectivity index (χ0n) is 13.0. The van der Waals surface area contributed by atoms with E-state index in [0.29, 0.717) is 0 Å². The number of pyridine rings is 1. The normalized spacial score (nSPS) is 27.8. The van der Waals surface area contributed by atoms with Crippen molar-refractivity contribution in [3.8, 4) is 0 Å². The van der Waals surface area contributed by atoms with Gasteiger partial charge in [0.1, 0.15) is 5.82 Å². The Labute approximate surface area is 128 Å². The molecule has 2 aliphatic rings. The topological polar surface area (TPSA) is 45.4 Å². The molecule has 1 saturated carbocycles. The lowest BCUT2D eigenvalue weighted by Crippen LogP contribution is -2.49. The summed E-state index contributed by atoms with van der Waals surface area (Å²) in [7, 11) is 0. The molecule has 2 fully saturated rings. The molecule has 1 aromatic heterocycles. The molecule has 2 unspecified atom stereocenters. The molecule has 0 radical (unpaired) electrons. The van der Waals surface area contributed by atoms with Crippen LogP contribution in [0.2, 0.25) is 0 Å². The first-order valence-corrected chi connectivity index (χ1v) is 8.45. The van der Waals surface area contributed by atoms with E-state index < -0.39 is 0 Å². The van der Waals surface area contributed by atoms with Gasteiger partial charge in [0.25, 0.3) is 0 Å². The van der Waals surface area contributed by atoms with Crippen molar-refractivity contribution < 1.29 is 0 Å². The second-order valence-corrected chi connectivity index (χ2v) is 6.52. The molecule has 0 spiro atoms. The van der Waals surface area contributed by atoms with Crippen LogP contribution in [0.15, 0.2) is 24.4 Å². The predicted octanol–water partition coefficient (Wildman–Crippen LogP) is 1.97. The molecule has 21 heavy (non-hydrogen) atoms. The van der Waals surface area contributed by atoms with Crippen LogP contribution in [-0.2, 0) is 0 Å². The van der Waals surface area contributed by atoms with Crippen molar-refractivity contribution in [2.24, 2.45) is 17.6 Å². The predicted molar refractivity (Wildman–Crippen MR) is 87.4 cm³/mol. The number of aromatic nitrogens is 1. The van der Waals surface area contributed by atoms with E-state index in [1.54, 1.807) is 0 Å². The van der Waals surface area contributed by atoms with Gasteiger partial charge in [-0.25, -0.2) is 4.98 Å². The van der Waals surface area contributed by atoms with Crippen LogP contribution >= 0.6 is 0 Å². The lowest BCUT2D eigenvalue weighted by molar-refractivity contribution is 0.149. The smallest absolute Gasteiger partial charge is 0.128 e. The van der Waals surface area contributed by atoms with Crippen molar-refractivity contribution >= 4 is 5.82 Å². The molecule has 2 atom stereocenters. The first kappa shape index (κ1) is 14.8. The van der Waals surface area contributed by atoms with Gasteiger partial charge in [-0.1, -0.05) is 18.9 Å². The second kappa shape index (κ2) is 7.23. The summed E-state index contributed by atoms with van der Waals surface area (Å²) in [6.45, 7) is 6.62. The maximum absolute atomic E-state index is 5.96. The number of rotatable bonds is 4. The Morgan fingerprint density at radius 1 is 1.05 bits per heavy atom. The summed E-state index contributed by atoms with van der Waals surface area (Å²) in [4.78, 5) is 9.50. The molecule has 1 aromatic rings. The Hall–Kier alpha value is -1.13. The zero-order valence-corrected chi connectivity index (χ0v) is 13.0. The van der Waals surface area contributed by atoms with E-state index in [2.05, 4.69) is 26.9 Å². The third-order valence-electron chi connectivity index (χ3n) is 5.21. The summed E-state index contributed by atoms with van der Waals surface area (Å²) in [6, 6.07) is 6.17. The Morgan fingerprint density at radius 3 is 2.48 bits per heavy atom. The van der Waals surface area contributed by atoms with E-state index in [4.69, 9.17) is 5.73 Å². The molecule has 2 N–H and O–H groups in total. The molecule has 0 amide bonds. The highest BCUT2D eigenvalue weighted by atomic mass is 15.3. The fourth-order valence-electron chi connectivity index (χ4n) is 3.87. The molecule has 1 aliphatic carbocycles. The lowest BCUT2D eigenvalue weighted by Gasteiger charge is -2.39. The van der Waals surface area contributed by atoms with E-state index in [1.807, 2.05) is 12.3 Å². The molecule has 116 valence electrons. The third kappa shape index (κ3) is 3.74. The summed E-state index contributed by atoms with van der Waals surface area (Å²) in [5.74, 6) is 2.70. The van der Waals surface area contributed by atoms with Crippen molar-refractivity contribution in [1.29, 1.82) is 0 Å². The number of hydrogen-bond acceptors (Lipinski definition) is 4. The standard InChI is InChI=1S/C17H28N4/c18-13-15-5-1-2-6-16(15)14-20-9-11-21(12-10-20)17-7-3-4-8-19-17/h3-4,7-8,15-16H,1-2,5-6,9-14,18H2. The number of hydrogen-bond donors (Lipinski definition) is 1. The third-order valence-corrected chi connectivity index (χ3v) is 5.21. The summed E-state index contributed by atoms with van der Waals surface area (Å²) in [5.41, 5.74) is 5.96. The molecule has 0 bridgehead atoms. The Morgan fingerprint density at radius 2 is 1.81 bits per heavy atom. The van der Waals surface area contributed by atoms with E-state index in [-0.39, 0.29) is 0 Å². The first-order valence-electron chi connectivity index (χ1n) is 8.45. The average molecular weight is 288 g/mol. The van der Waals surface area contributed by atoms with Crippen LogP contribution in [0.5, 0.6) is 0 Å². The summed E-state index contributed by atoms with van der Waals surface area (Å²) >= 11 is 0.